The SMILES string of the molecule is CC(=O)Nc1ccc([As](=O)(O)OO)cc1.COC(=O)c1cc(Cl)ccc1OC. The van der Waals surface area contributed by atoms with Crippen LogP contribution in [0.2, 0.25) is 5.02 Å². The quantitative estimate of drug-likeness (QED) is 0.258. The minimum absolute atomic E-state index is 0.00438. The van der Waals surface area contributed by atoms with Crippen LogP contribution in [-0.4, -0.2) is 49.6 Å². The zero-order valence-electron chi connectivity index (χ0n) is 15.2. The van der Waals surface area contributed by atoms with Crippen molar-refractivity contribution in [1.82, 2.24) is 0 Å². The number of ether oxygens (including phenoxy) is 2. The van der Waals surface area contributed by atoms with Crippen molar-refractivity contribution in [3.63, 3.8) is 0 Å². The van der Waals surface area contributed by atoms with Crippen LogP contribution in [0.3, 0.4) is 0 Å². The Hall–Kier alpha value is -2.29. The molecule has 28 heavy (non-hydrogen) atoms. The molecule has 9 nitrogen and oxygen atoms in total. The van der Waals surface area contributed by atoms with Crippen molar-refractivity contribution < 1.29 is 36.0 Å². The number of amides is 1. The first kappa shape index (κ1) is 23.7. The number of methoxy groups -OCH3 is 2. The van der Waals surface area contributed by atoms with E-state index in [1.807, 2.05) is 0 Å². The third-order valence-corrected chi connectivity index (χ3v) is 5.89. The van der Waals surface area contributed by atoms with Crippen LogP contribution in [0.1, 0.15) is 17.3 Å². The summed E-state index contributed by atoms with van der Waals surface area (Å²) in [4.78, 5) is 21.9. The number of benzene rings is 2. The molecule has 0 bridgehead atoms. The van der Waals surface area contributed by atoms with Gasteiger partial charge in [-0.15, -0.1) is 0 Å². The Morgan fingerprint density at radius 2 is 1.71 bits per heavy atom. The van der Waals surface area contributed by atoms with Crippen molar-refractivity contribution in [2.24, 2.45) is 0 Å². The Morgan fingerprint density at radius 3 is 2.18 bits per heavy atom. The second-order valence-electron chi connectivity index (χ2n) is 5.17. The summed E-state index contributed by atoms with van der Waals surface area (Å²) in [6.07, 6.45) is 0. The molecule has 0 saturated carbocycles. The average molecular weight is 476 g/mol. The van der Waals surface area contributed by atoms with Crippen molar-refractivity contribution >= 4 is 47.7 Å². The molecule has 1 amide bonds. The van der Waals surface area contributed by atoms with E-state index in [-0.39, 0.29) is 10.3 Å². The summed E-state index contributed by atoms with van der Waals surface area (Å²) >= 11 is 0.948. The first-order valence-corrected chi connectivity index (χ1v) is 11.3. The maximum atomic E-state index is 11.2. The molecule has 152 valence electrons. The zero-order valence-corrected chi connectivity index (χ0v) is 17.8. The van der Waals surface area contributed by atoms with Gasteiger partial charge in [-0.3, -0.25) is 0 Å². The summed E-state index contributed by atoms with van der Waals surface area (Å²) in [5.41, 5.74) is 0.831. The van der Waals surface area contributed by atoms with Gasteiger partial charge in [-0.25, -0.2) is 4.79 Å². The van der Waals surface area contributed by atoms with Gasteiger partial charge in [-0.1, -0.05) is 11.6 Å². The zero-order chi connectivity index (χ0) is 21.3. The molecule has 1 unspecified atom stereocenters. The van der Waals surface area contributed by atoms with Crippen LogP contribution in [0.4, 0.5) is 5.69 Å². The number of carbonyl (C=O) groups excluding carboxylic acids is 2. The normalized spacial score (nSPS) is 12.1. The largest absolute Gasteiger partial charge is 0.496 e. The Kier molecular flexibility index (Phi) is 9.24. The topological polar surface area (TPSA) is 131 Å². The summed E-state index contributed by atoms with van der Waals surface area (Å²) in [6, 6.07) is 10.3. The van der Waals surface area contributed by atoms with Gasteiger partial charge < -0.3 is 9.47 Å². The molecular weight excluding hydrogens is 457 g/mol. The maximum Gasteiger partial charge on any atom is 0.341 e. The van der Waals surface area contributed by atoms with E-state index in [9.17, 15) is 13.3 Å². The van der Waals surface area contributed by atoms with Crippen molar-refractivity contribution in [2.75, 3.05) is 19.5 Å². The molecule has 2 rings (SSSR count). The Labute approximate surface area is 169 Å². The van der Waals surface area contributed by atoms with Crippen molar-refractivity contribution in [2.45, 2.75) is 6.92 Å². The summed E-state index contributed by atoms with van der Waals surface area (Å²) in [5.74, 6) is -0.241. The average Bonchev–Trinajstić information content (AvgIpc) is 2.67. The van der Waals surface area contributed by atoms with Gasteiger partial charge in [0.05, 0.1) is 14.2 Å². The second-order valence-corrected chi connectivity index (χ2v) is 9.21. The number of carbonyl (C=O) groups is 2. The van der Waals surface area contributed by atoms with E-state index >= 15 is 0 Å². The number of rotatable bonds is 5. The monoisotopic (exact) mass is 475 g/mol. The van der Waals surface area contributed by atoms with E-state index in [1.165, 1.54) is 51.5 Å². The molecule has 0 aliphatic carbocycles. The van der Waals surface area contributed by atoms with E-state index in [0.29, 0.717) is 22.0 Å². The van der Waals surface area contributed by atoms with E-state index in [1.54, 1.807) is 12.1 Å². The number of anilines is 1. The first-order valence-electron chi connectivity index (χ1n) is 7.60. The Morgan fingerprint density at radius 1 is 1.11 bits per heavy atom. The summed E-state index contributed by atoms with van der Waals surface area (Å²) in [6.45, 7) is 1.35. The summed E-state index contributed by atoms with van der Waals surface area (Å²) < 4.78 is 33.4. The standard InChI is InChI=1S/C9H9ClO3.C8H10AsNO5/c1-12-8-4-3-6(10)5-7(8)9(11)13-2;1-6(11)10-8-4-2-7(3-5-8)9(12,13)15-14/h3-5H,1-2H3;2-5,14H,1H3,(H,10,11)(H,12,13). The number of nitrogens with one attached hydrogen (secondary N) is 1. The van der Waals surface area contributed by atoms with E-state index < -0.39 is 20.1 Å². The van der Waals surface area contributed by atoms with Crippen LogP contribution in [0.15, 0.2) is 42.5 Å². The third kappa shape index (κ3) is 7.03. The van der Waals surface area contributed by atoms with Gasteiger partial charge in [-0.2, -0.15) is 0 Å². The van der Waals surface area contributed by atoms with Crippen molar-refractivity contribution in [3.8, 4) is 5.75 Å². The predicted octanol–water partition coefficient (Wildman–Crippen LogP) is 1.84. The van der Waals surface area contributed by atoms with Crippen LogP contribution in [-0.2, 0) is 17.1 Å². The minimum Gasteiger partial charge on any atom is -0.496 e. The molecule has 0 saturated heterocycles. The van der Waals surface area contributed by atoms with Gasteiger partial charge in [0.1, 0.15) is 11.3 Å². The molecule has 11 heteroatoms. The molecule has 0 spiro atoms. The van der Waals surface area contributed by atoms with Crippen molar-refractivity contribution in [3.05, 3.63) is 53.1 Å². The van der Waals surface area contributed by atoms with E-state index in [2.05, 4.69) is 13.9 Å². The molecule has 3 N–H and O–H groups in total. The molecule has 1 atom stereocenters. The maximum absolute atomic E-state index is 11.2. The van der Waals surface area contributed by atoms with E-state index in [0.717, 1.165) is 0 Å². The van der Waals surface area contributed by atoms with Crippen LogP contribution in [0.25, 0.3) is 0 Å². The third-order valence-electron chi connectivity index (χ3n) is 3.19. The second kappa shape index (κ2) is 10.9. The fourth-order valence-corrected chi connectivity index (χ4v) is 3.41. The molecule has 0 fully saturated rings. The number of halogens is 1. The van der Waals surface area contributed by atoms with Gasteiger partial charge in [0.2, 0.25) is 0 Å². The summed E-state index contributed by atoms with van der Waals surface area (Å²) in [5, 5.41) is 11.2. The molecule has 0 aromatic heterocycles. The number of hydrogen-bond acceptors (Lipinski definition) is 7. The first-order chi connectivity index (χ1) is 13.1. The molecule has 0 aliphatic heterocycles. The van der Waals surface area contributed by atoms with Crippen LogP contribution < -0.4 is 14.4 Å². The summed E-state index contributed by atoms with van der Waals surface area (Å²) in [7, 11) is 2.79. The van der Waals surface area contributed by atoms with Crippen molar-refractivity contribution in [1.29, 1.82) is 0 Å². The van der Waals surface area contributed by atoms with Crippen LogP contribution in [0, 0.1) is 0 Å². The molecule has 0 heterocycles. The van der Waals surface area contributed by atoms with Crippen LogP contribution in [0.5, 0.6) is 5.75 Å². The molecular formula is C17H19AsClNO8. The fraction of sp³-hybridized carbons (Fsp3) is 0.176. The molecule has 2 aromatic rings. The molecule has 0 aliphatic rings. The van der Waals surface area contributed by atoms with Gasteiger partial charge in [0.25, 0.3) is 0 Å². The number of esters is 1. The Bertz CT molecular complexity index is 872. The number of hydrogen-bond donors (Lipinski definition) is 3. The minimum atomic E-state index is -4.76. The van der Waals surface area contributed by atoms with Crippen LogP contribution >= 0.6 is 11.6 Å². The molecule has 0 radical (unpaired) electrons. The fourth-order valence-electron chi connectivity index (χ4n) is 1.93. The smallest absolute Gasteiger partial charge is 0.341 e. The van der Waals surface area contributed by atoms with E-state index in [4.69, 9.17) is 25.7 Å². The Balaban J connectivity index is 0.000000283. The molecule has 2 aromatic carbocycles. The predicted molar refractivity (Wildman–Crippen MR) is 102 cm³/mol. The van der Waals surface area contributed by atoms with Gasteiger partial charge in [0.15, 0.2) is 0 Å². The van der Waals surface area contributed by atoms with Gasteiger partial charge >= 0.3 is 94.4 Å². The van der Waals surface area contributed by atoms with Gasteiger partial charge in [0, 0.05) is 5.02 Å². The van der Waals surface area contributed by atoms with Gasteiger partial charge in [-0.05, 0) is 18.2 Å².